The van der Waals surface area contributed by atoms with E-state index in [4.69, 9.17) is 21.4 Å². The summed E-state index contributed by atoms with van der Waals surface area (Å²) < 4.78 is 5.56. The van der Waals surface area contributed by atoms with Crippen LogP contribution in [0.2, 0.25) is 5.02 Å². The highest BCUT2D eigenvalue weighted by Gasteiger charge is 2.32. The first-order chi connectivity index (χ1) is 8.58. The maximum absolute atomic E-state index is 9.05. The van der Waals surface area contributed by atoms with Crippen LogP contribution in [0.15, 0.2) is 12.3 Å². The van der Waals surface area contributed by atoms with Gasteiger partial charge in [0, 0.05) is 26.4 Å². The average molecular weight is 271 g/mol. The van der Waals surface area contributed by atoms with Gasteiger partial charge in [0.15, 0.2) is 0 Å². The molecule has 0 amide bonds. The van der Waals surface area contributed by atoms with Gasteiger partial charge < -0.3 is 14.7 Å². The number of aromatic nitrogens is 1. The molecule has 4 nitrogen and oxygen atoms in total. The number of nitrogens with zero attached hydrogens (tertiary/aromatic N) is 2. The first kappa shape index (κ1) is 13.6. The van der Waals surface area contributed by atoms with Crippen LogP contribution >= 0.6 is 11.6 Å². The van der Waals surface area contributed by atoms with Crippen LogP contribution in [0, 0.1) is 0 Å². The predicted octanol–water partition coefficient (Wildman–Crippen LogP) is 2.23. The molecule has 0 aliphatic carbocycles. The molecule has 2 heterocycles. The minimum atomic E-state index is -0.140. The van der Waals surface area contributed by atoms with Crippen molar-refractivity contribution in [2.24, 2.45) is 0 Å². The van der Waals surface area contributed by atoms with Crippen molar-refractivity contribution in [1.82, 2.24) is 4.98 Å². The molecule has 0 bridgehead atoms. The van der Waals surface area contributed by atoms with Crippen molar-refractivity contribution in [2.75, 3.05) is 25.1 Å². The first-order valence-electron chi connectivity index (χ1n) is 6.13. The fourth-order valence-electron chi connectivity index (χ4n) is 2.34. The summed E-state index contributed by atoms with van der Waals surface area (Å²) in [6.45, 7) is 3.79. The lowest BCUT2D eigenvalue weighted by Gasteiger charge is -2.40. The van der Waals surface area contributed by atoms with E-state index >= 15 is 0 Å². The van der Waals surface area contributed by atoms with E-state index in [1.54, 1.807) is 19.4 Å². The Morgan fingerprint density at radius 3 is 3.00 bits per heavy atom. The number of methoxy groups -OCH3 is 1. The zero-order valence-corrected chi connectivity index (χ0v) is 11.6. The molecule has 100 valence electrons. The van der Waals surface area contributed by atoms with Crippen molar-refractivity contribution in [1.29, 1.82) is 0 Å². The molecule has 1 N–H and O–H groups in total. The number of halogens is 1. The lowest BCUT2D eigenvalue weighted by molar-refractivity contribution is -0.00481. The second kappa shape index (κ2) is 5.43. The molecular weight excluding hydrogens is 252 g/mol. The number of pyridine rings is 1. The van der Waals surface area contributed by atoms with E-state index in [-0.39, 0.29) is 12.2 Å². The molecule has 1 saturated heterocycles. The van der Waals surface area contributed by atoms with E-state index in [9.17, 15) is 0 Å². The number of ether oxygens (including phenoxy) is 1. The van der Waals surface area contributed by atoms with E-state index in [2.05, 4.69) is 16.8 Å². The lowest BCUT2D eigenvalue weighted by atomic mass is 9.95. The standard InChI is InChI=1S/C13H19ClN2O2/c1-13(18-2)4-3-5-16(9-13)12-11(14)6-10(8-17)7-15-12/h6-7,17H,3-5,8-9H2,1-2H3. The van der Waals surface area contributed by atoms with Gasteiger partial charge in [-0.1, -0.05) is 11.6 Å². The number of hydrogen-bond acceptors (Lipinski definition) is 4. The van der Waals surface area contributed by atoms with Crippen LogP contribution in [-0.4, -0.2) is 35.9 Å². The Morgan fingerprint density at radius 2 is 2.39 bits per heavy atom. The highest BCUT2D eigenvalue weighted by Crippen LogP contribution is 2.31. The largest absolute Gasteiger partial charge is 0.392 e. The molecule has 0 spiro atoms. The van der Waals surface area contributed by atoms with Gasteiger partial charge in [0.05, 0.1) is 17.2 Å². The summed E-state index contributed by atoms with van der Waals surface area (Å²) in [6.07, 6.45) is 3.77. The Labute approximate surface area is 113 Å². The number of hydrogen-bond donors (Lipinski definition) is 1. The van der Waals surface area contributed by atoms with Gasteiger partial charge in [0.1, 0.15) is 5.82 Å². The normalized spacial score (nSPS) is 24.3. The number of piperidine rings is 1. The molecule has 0 aromatic carbocycles. The van der Waals surface area contributed by atoms with Crippen LogP contribution in [0.1, 0.15) is 25.3 Å². The molecule has 1 unspecified atom stereocenters. The molecule has 1 aliphatic heterocycles. The average Bonchev–Trinajstić information content (AvgIpc) is 2.38. The van der Waals surface area contributed by atoms with Crippen molar-refractivity contribution in [2.45, 2.75) is 32.0 Å². The van der Waals surface area contributed by atoms with Crippen molar-refractivity contribution < 1.29 is 9.84 Å². The Kier molecular flexibility index (Phi) is 4.10. The van der Waals surface area contributed by atoms with Crippen molar-refractivity contribution in [3.63, 3.8) is 0 Å². The molecule has 1 aromatic rings. The lowest BCUT2D eigenvalue weighted by Crippen LogP contribution is -2.47. The van der Waals surface area contributed by atoms with Crippen LogP contribution in [0.3, 0.4) is 0 Å². The van der Waals surface area contributed by atoms with Crippen LogP contribution in [0.5, 0.6) is 0 Å². The smallest absolute Gasteiger partial charge is 0.147 e. The van der Waals surface area contributed by atoms with Gasteiger partial charge in [-0.3, -0.25) is 0 Å². The molecule has 0 saturated carbocycles. The minimum absolute atomic E-state index is 0.0389. The van der Waals surface area contributed by atoms with Gasteiger partial charge in [-0.25, -0.2) is 4.98 Å². The monoisotopic (exact) mass is 270 g/mol. The first-order valence-corrected chi connectivity index (χ1v) is 6.51. The quantitative estimate of drug-likeness (QED) is 0.915. The maximum Gasteiger partial charge on any atom is 0.147 e. The third kappa shape index (κ3) is 2.76. The zero-order valence-electron chi connectivity index (χ0n) is 10.8. The van der Waals surface area contributed by atoms with Gasteiger partial charge in [-0.2, -0.15) is 0 Å². The van der Waals surface area contributed by atoms with E-state index in [0.717, 1.165) is 37.3 Å². The minimum Gasteiger partial charge on any atom is -0.392 e. The summed E-state index contributed by atoms with van der Waals surface area (Å²) in [5, 5.41) is 9.64. The van der Waals surface area contributed by atoms with Gasteiger partial charge in [-0.05, 0) is 31.4 Å². The molecule has 1 atom stereocenters. The highest BCUT2D eigenvalue weighted by molar-refractivity contribution is 6.33. The van der Waals surface area contributed by atoms with E-state index < -0.39 is 0 Å². The summed E-state index contributed by atoms with van der Waals surface area (Å²) >= 11 is 6.22. The van der Waals surface area contributed by atoms with Crippen molar-refractivity contribution in [3.05, 3.63) is 22.8 Å². The Balaban J connectivity index is 2.21. The van der Waals surface area contributed by atoms with Gasteiger partial charge in [0.2, 0.25) is 0 Å². The molecule has 5 heteroatoms. The molecule has 18 heavy (non-hydrogen) atoms. The molecule has 0 radical (unpaired) electrons. The molecular formula is C13H19ClN2O2. The van der Waals surface area contributed by atoms with Crippen molar-refractivity contribution >= 4 is 17.4 Å². The van der Waals surface area contributed by atoms with Gasteiger partial charge in [-0.15, -0.1) is 0 Å². The summed E-state index contributed by atoms with van der Waals surface area (Å²) in [5.41, 5.74) is 0.592. The zero-order chi connectivity index (χ0) is 13.2. The van der Waals surface area contributed by atoms with Crippen LogP contribution in [0.25, 0.3) is 0 Å². The summed E-state index contributed by atoms with van der Waals surface area (Å²) in [5.74, 6) is 0.775. The summed E-state index contributed by atoms with van der Waals surface area (Å²) in [7, 11) is 1.74. The van der Waals surface area contributed by atoms with Crippen LogP contribution in [0.4, 0.5) is 5.82 Å². The number of aliphatic hydroxyl groups excluding tert-OH is 1. The molecule has 1 aromatic heterocycles. The second-order valence-corrected chi connectivity index (χ2v) is 5.39. The van der Waals surface area contributed by atoms with Crippen LogP contribution < -0.4 is 4.90 Å². The molecule has 1 fully saturated rings. The fourth-order valence-corrected chi connectivity index (χ4v) is 2.65. The predicted molar refractivity (Wildman–Crippen MR) is 72.0 cm³/mol. The van der Waals surface area contributed by atoms with E-state index in [1.807, 2.05) is 0 Å². The summed E-state index contributed by atoms with van der Waals surface area (Å²) in [4.78, 5) is 6.50. The second-order valence-electron chi connectivity index (χ2n) is 4.99. The maximum atomic E-state index is 9.05. The Bertz CT molecular complexity index is 427. The number of anilines is 1. The van der Waals surface area contributed by atoms with Gasteiger partial charge in [0.25, 0.3) is 0 Å². The fraction of sp³-hybridized carbons (Fsp3) is 0.615. The number of rotatable bonds is 3. The SMILES string of the molecule is COC1(C)CCCN(c2ncc(CO)cc2Cl)C1. The van der Waals surface area contributed by atoms with E-state index in [0.29, 0.717) is 5.02 Å². The van der Waals surface area contributed by atoms with Crippen LogP contribution in [-0.2, 0) is 11.3 Å². The third-order valence-electron chi connectivity index (χ3n) is 3.51. The summed E-state index contributed by atoms with van der Waals surface area (Å²) in [6, 6.07) is 1.77. The Morgan fingerprint density at radius 1 is 1.61 bits per heavy atom. The topological polar surface area (TPSA) is 45.6 Å². The van der Waals surface area contributed by atoms with Gasteiger partial charge >= 0.3 is 0 Å². The number of aliphatic hydroxyl groups is 1. The molecule has 2 rings (SSSR count). The van der Waals surface area contributed by atoms with Crippen molar-refractivity contribution in [3.8, 4) is 0 Å². The third-order valence-corrected chi connectivity index (χ3v) is 3.79. The molecule has 1 aliphatic rings. The highest BCUT2D eigenvalue weighted by atomic mass is 35.5. The Hall–Kier alpha value is -0.840. The van der Waals surface area contributed by atoms with E-state index in [1.165, 1.54) is 0 Å².